The first-order chi connectivity index (χ1) is 9.94. The van der Waals surface area contributed by atoms with Gasteiger partial charge in [0.1, 0.15) is 17.3 Å². The zero-order valence-corrected chi connectivity index (χ0v) is 15.1. The van der Waals surface area contributed by atoms with Crippen molar-refractivity contribution in [3.8, 4) is 0 Å². The van der Waals surface area contributed by atoms with E-state index in [4.69, 9.17) is 4.74 Å². The second-order valence-corrected chi connectivity index (χ2v) is 7.85. The van der Waals surface area contributed by atoms with E-state index in [1.54, 1.807) is 0 Å². The first-order valence-corrected chi connectivity index (χ1v) is 8.10. The van der Waals surface area contributed by atoms with Gasteiger partial charge in [0, 0.05) is 43.1 Å². The fourth-order valence-electron chi connectivity index (χ4n) is 1.77. The molecule has 0 aliphatic carbocycles. The molecule has 0 radical (unpaired) electrons. The maximum atomic E-state index is 11.7. The molecule has 0 fully saturated rings. The Morgan fingerprint density at radius 3 is 1.68 bits per heavy atom. The van der Waals surface area contributed by atoms with E-state index in [0.29, 0.717) is 45.3 Å². The summed E-state index contributed by atoms with van der Waals surface area (Å²) in [5.74, 6) is 0.411. The molecule has 0 aromatic carbocycles. The molecule has 0 amide bonds. The summed E-state index contributed by atoms with van der Waals surface area (Å²) in [6, 6.07) is 0. The van der Waals surface area contributed by atoms with Crippen LogP contribution in [0, 0.1) is 10.8 Å². The van der Waals surface area contributed by atoms with Gasteiger partial charge in [-0.05, 0) is 6.42 Å². The molecule has 0 N–H and O–H groups in total. The van der Waals surface area contributed by atoms with Gasteiger partial charge in [0.2, 0.25) is 0 Å². The molecule has 22 heavy (non-hydrogen) atoms. The monoisotopic (exact) mass is 312 g/mol. The van der Waals surface area contributed by atoms with Crippen molar-refractivity contribution in [2.45, 2.75) is 73.6 Å². The Kier molecular flexibility index (Phi) is 8.76. The maximum absolute atomic E-state index is 11.7. The van der Waals surface area contributed by atoms with Gasteiger partial charge in [0.15, 0.2) is 0 Å². The average Bonchev–Trinajstić information content (AvgIpc) is 2.37. The Balaban J connectivity index is 3.66. The minimum Gasteiger partial charge on any atom is -0.381 e. The third-order valence-corrected chi connectivity index (χ3v) is 3.52. The molecule has 0 aliphatic rings. The summed E-state index contributed by atoms with van der Waals surface area (Å²) in [7, 11) is 0. The van der Waals surface area contributed by atoms with E-state index in [9.17, 15) is 14.4 Å². The second kappa shape index (κ2) is 9.19. The van der Waals surface area contributed by atoms with E-state index < -0.39 is 0 Å². The first-order valence-electron chi connectivity index (χ1n) is 8.10. The van der Waals surface area contributed by atoms with Crippen molar-refractivity contribution in [1.29, 1.82) is 0 Å². The lowest BCUT2D eigenvalue weighted by molar-refractivity contribution is -0.129. The Bertz CT molecular complexity index is 383. The first kappa shape index (κ1) is 21.0. The molecule has 0 saturated heterocycles. The molecule has 0 aromatic rings. The van der Waals surface area contributed by atoms with Gasteiger partial charge in [-0.3, -0.25) is 14.4 Å². The van der Waals surface area contributed by atoms with Crippen LogP contribution in [0.4, 0.5) is 0 Å². The van der Waals surface area contributed by atoms with E-state index in [1.165, 1.54) is 0 Å². The Hall–Kier alpha value is -1.03. The van der Waals surface area contributed by atoms with Crippen molar-refractivity contribution < 1.29 is 19.1 Å². The summed E-state index contributed by atoms with van der Waals surface area (Å²) >= 11 is 0. The zero-order valence-electron chi connectivity index (χ0n) is 15.1. The van der Waals surface area contributed by atoms with Crippen molar-refractivity contribution in [3.63, 3.8) is 0 Å². The topological polar surface area (TPSA) is 60.4 Å². The summed E-state index contributed by atoms with van der Waals surface area (Å²) < 4.78 is 5.39. The molecule has 4 nitrogen and oxygen atoms in total. The van der Waals surface area contributed by atoms with Crippen LogP contribution in [0.2, 0.25) is 0 Å². The van der Waals surface area contributed by atoms with Crippen LogP contribution < -0.4 is 0 Å². The molecule has 128 valence electrons. The molecule has 0 aromatic heterocycles. The standard InChI is InChI=1S/C18H32O4/c1-17(2,3)15(20)10-9-14(19)8-7-12-22-13-11-16(21)18(4,5)6/h7-13H2,1-6H3. The highest BCUT2D eigenvalue weighted by atomic mass is 16.5. The zero-order chi connectivity index (χ0) is 17.4. The Morgan fingerprint density at radius 2 is 1.18 bits per heavy atom. The quantitative estimate of drug-likeness (QED) is 0.576. The summed E-state index contributed by atoms with van der Waals surface area (Å²) in [6.45, 7) is 12.2. The number of ketones is 3. The average molecular weight is 312 g/mol. The van der Waals surface area contributed by atoms with Gasteiger partial charge in [-0.1, -0.05) is 41.5 Å². The summed E-state index contributed by atoms with van der Waals surface area (Å²) in [6.07, 6.45) is 2.14. The van der Waals surface area contributed by atoms with Crippen LogP contribution >= 0.6 is 0 Å². The fourth-order valence-corrected chi connectivity index (χ4v) is 1.77. The van der Waals surface area contributed by atoms with Gasteiger partial charge in [-0.15, -0.1) is 0 Å². The van der Waals surface area contributed by atoms with E-state index in [-0.39, 0.29) is 28.2 Å². The smallest absolute Gasteiger partial charge is 0.140 e. The van der Waals surface area contributed by atoms with Crippen molar-refractivity contribution in [2.75, 3.05) is 13.2 Å². The van der Waals surface area contributed by atoms with E-state index in [0.717, 1.165) is 0 Å². The lowest BCUT2D eigenvalue weighted by atomic mass is 9.87. The van der Waals surface area contributed by atoms with E-state index >= 15 is 0 Å². The van der Waals surface area contributed by atoms with Crippen molar-refractivity contribution in [2.24, 2.45) is 10.8 Å². The predicted molar refractivity (Wildman–Crippen MR) is 87.8 cm³/mol. The van der Waals surface area contributed by atoms with Crippen LogP contribution in [0.3, 0.4) is 0 Å². The number of Topliss-reactive ketones (excluding diaryl/α,β-unsaturated/α-hetero) is 3. The van der Waals surface area contributed by atoms with Crippen LogP contribution in [0.1, 0.15) is 73.6 Å². The van der Waals surface area contributed by atoms with Crippen molar-refractivity contribution in [3.05, 3.63) is 0 Å². The van der Waals surface area contributed by atoms with E-state index in [1.807, 2.05) is 41.5 Å². The summed E-state index contributed by atoms with van der Waals surface area (Å²) in [4.78, 5) is 35.1. The number of ether oxygens (including phenoxy) is 1. The van der Waals surface area contributed by atoms with Crippen LogP contribution in [0.25, 0.3) is 0 Å². The second-order valence-electron chi connectivity index (χ2n) is 7.85. The molecule has 0 spiro atoms. The van der Waals surface area contributed by atoms with Crippen LogP contribution in [0.15, 0.2) is 0 Å². The molecular weight excluding hydrogens is 280 g/mol. The predicted octanol–water partition coefficient (Wildman–Crippen LogP) is 3.75. The normalized spacial score (nSPS) is 12.3. The van der Waals surface area contributed by atoms with Crippen LogP contribution in [-0.2, 0) is 19.1 Å². The summed E-state index contributed by atoms with van der Waals surface area (Å²) in [5.41, 5.74) is -0.693. The number of carbonyl (C=O) groups is 3. The van der Waals surface area contributed by atoms with Gasteiger partial charge >= 0.3 is 0 Å². The highest BCUT2D eigenvalue weighted by Gasteiger charge is 2.21. The maximum Gasteiger partial charge on any atom is 0.140 e. The Labute approximate surface area is 135 Å². The molecular formula is C18H32O4. The molecule has 0 saturated carbocycles. The molecule has 0 unspecified atom stereocenters. The largest absolute Gasteiger partial charge is 0.381 e. The molecule has 4 heteroatoms. The minimum atomic E-state index is -0.372. The third-order valence-electron chi connectivity index (χ3n) is 3.52. The van der Waals surface area contributed by atoms with Crippen molar-refractivity contribution >= 4 is 17.3 Å². The molecule has 0 heterocycles. The highest BCUT2D eigenvalue weighted by molar-refractivity contribution is 5.88. The number of carbonyl (C=O) groups excluding carboxylic acids is 3. The molecule has 0 bridgehead atoms. The lowest BCUT2D eigenvalue weighted by Gasteiger charge is -2.16. The minimum absolute atomic E-state index is 0.104. The third kappa shape index (κ3) is 9.82. The number of rotatable bonds is 10. The molecule has 0 rings (SSSR count). The van der Waals surface area contributed by atoms with Gasteiger partial charge in [0.25, 0.3) is 0 Å². The van der Waals surface area contributed by atoms with Gasteiger partial charge in [-0.25, -0.2) is 0 Å². The Morgan fingerprint density at radius 1 is 0.682 bits per heavy atom. The molecule has 0 atom stereocenters. The number of hydrogen-bond donors (Lipinski definition) is 0. The molecule has 0 aliphatic heterocycles. The van der Waals surface area contributed by atoms with Crippen molar-refractivity contribution in [1.82, 2.24) is 0 Å². The number of hydrogen-bond acceptors (Lipinski definition) is 4. The van der Waals surface area contributed by atoms with Crippen LogP contribution in [0.5, 0.6) is 0 Å². The van der Waals surface area contributed by atoms with Gasteiger partial charge < -0.3 is 4.74 Å². The fraction of sp³-hybridized carbons (Fsp3) is 0.833. The SMILES string of the molecule is CC(C)(C)C(=O)CCOCCCC(=O)CCC(=O)C(C)(C)C. The summed E-state index contributed by atoms with van der Waals surface area (Å²) in [5, 5.41) is 0. The van der Waals surface area contributed by atoms with E-state index in [2.05, 4.69) is 0 Å². The van der Waals surface area contributed by atoms with Gasteiger partial charge in [0.05, 0.1) is 6.61 Å². The lowest BCUT2D eigenvalue weighted by Crippen LogP contribution is -2.21. The van der Waals surface area contributed by atoms with Crippen LogP contribution in [-0.4, -0.2) is 30.6 Å². The van der Waals surface area contributed by atoms with Gasteiger partial charge in [-0.2, -0.15) is 0 Å². The highest BCUT2D eigenvalue weighted by Crippen LogP contribution is 2.18.